The van der Waals surface area contributed by atoms with Crippen molar-refractivity contribution in [1.29, 1.82) is 0 Å². The molecule has 0 aliphatic heterocycles. The summed E-state index contributed by atoms with van der Waals surface area (Å²) in [5, 5.41) is 12.1. The fourth-order valence-corrected chi connectivity index (χ4v) is 1.67. The third-order valence-corrected chi connectivity index (χ3v) is 2.87. The Morgan fingerprint density at radius 3 is 2.43 bits per heavy atom. The summed E-state index contributed by atoms with van der Waals surface area (Å²) in [6.07, 6.45) is 2.94. The molecule has 0 spiro atoms. The summed E-state index contributed by atoms with van der Waals surface area (Å²) >= 11 is 0. The number of nitrogens with one attached hydrogen (secondary N) is 1. The molecule has 0 bridgehead atoms. The van der Waals surface area contributed by atoms with Crippen LogP contribution in [0.5, 0.6) is 0 Å². The maximum absolute atomic E-state index is 10.7. The van der Waals surface area contributed by atoms with E-state index in [2.05, 4.69) is 26.1 Å². The Bertz CT molecular complexity index is 208. The highest BCUT2D eigenvalue weighted by atomic mass is 16.4. The Balaban J connectivity index is 2.17. The molecule has 0 aromatic rings. The lowest BCUT2D eigenvalue weighted by Crippen LogP contribution is -2.48. The van der Waals surface area contributed by atoms with Crippen LogP contribution in [0, 0.1) is 11.3 Å². The molecule has 0 radical (unpaired) electrons. The van der Waals surface area contributed by atoms with Gasteiger partial charge in [0, 0.05) is 6.04 Å². The zero-order chi connectivity index (χ0) is 10.8. The lowest BCUT2D eigenvalue weighted by Gasteiger charge is -2.34. The molecular formula is C11H21NO2. The molecular weight excluding hydrogens is 178 g/mol. The molecule has 14 heavy (non-hydrogen) atoms. The van der Waals surface area contributed by atoms with Crippen LogP contribution >= 0.6 is 0 Å². The standard InChI is InChI=1S/C11H21NO2/c1-11(2,3)6-7-12-9-5-4-8(9)10(13)14/h8-9,12H,4-7H2,1-3H3,(H,13,14). The molecule has 3 nitrogen and oxygen atoms in total. The van der Waals surface area contributed by atoms with Crippen LogP contribution in [0.3, 0.4) is 0 Å². The van der Waals surface area contributed by atoms with Crippen LogP contribution in [0.4, 0.5) is 0 Å². The number of carbonyl (C=O) groups is 1. The van der Waals surface area contributed by atoms with Crippen molar-refractivity contribution in [3.8, 4) is 0 Å². The Morgan fingerprint density at radius 1 is 1.43 bits per heavy atom. The Hall–Kier alpha value is -0.570. The lowest BCUT2D eigenvalue weighted by molar-refractivity contribution is -0.146. The smallest absolute Gasteiger partial charge is 0.308 e. The summed E-state index contributed by atoms with van der Waals surface area (Å²) in [6, 6.07) is 0.217. The minimum atomic E-state index is -0.649. The molecule has 0 amide bonds. The molecule has 2 N–H and O–H groups in total. The number of carboxylic acids is 1. The summed E-state index contributed by atoms with van der Waals surface area (Å²) in [7, 11) is 0. The van der Waals surface area contributed by atoms with E-state index in [1.165, 1.54) is 0 Å². The topological polar surface area (TPSA) is 49.3 Å². The highest BCUT2D eigenvalue weighted by Crippen LogP contribution is 2.28. The maximum atomic E-state index is 10.7. The number of hydrogen-bond donors (Lipinski definition) is 2. The normalized spacial score (nSPS) is 27.1. The van der Waals surface area contributed by atoms with Gasteiger partial charge in [0.05, 0.1) is 5.92 Å². The van der Waals surface area contributed by atoms with Gasteiger partial charge in [-0.3, -0.25) is 4.79 Å². The van der Waals surface area contributed by atoms with Gasteiger partial charge in [0.25, 0.3) is 0 Å². The van der Waals surface area contributed by atoms with Crippen LogP contribution in [0.25, 0.3) is 0 Å². The second-order valence-corrected chi connectivity index (χ2v) is 5.39. The van der Waals surface area contributed by atoms with Gasteiger partial charge in [-0.15, -0.1) is 0 Å². The van der Waals surface area contributed by atoms with Crippen LogP contribution in [0.1, 0.15) is 40.0 Å². The van der Waals surface area contributed by atoms with Crippen molar-refractivity contribution >= 4 is 5.97 Å². The molecule has 0 aromatic carbocycles. The van der Waals surface area contributed by atoms with Crippen LogP contribution in [-0.4, -0.2) is 23.7 Å². The van der Waals surface area contributed by atoms with E-state index < -0.39 is 5.97 Å². The van der Waals surface area contributed by atoms with E-state index in [1.807, 2.05) is 0 Å². The number of carboxylic acid groups (broad SMARTS) is 1. The summed E-state index contributed by atoms with van der Waals surface area (Å²) < 4.78 is 0. The molecule has 1 rings (SSSR count). The highest BCUT2D eigenvalue weighted by Gasteiger charge is 2.35. The number of rotatable bonds is 4. The van der Waals surface area contributed by atoms with E-state index in [9.17, 15) is 4.79 Å². The Morgan fingerprint density at radius 2 is 2.07 bits per heavy atom. The minimum absolute atomic E-state index is 0.144. The van der Waals surface area contributed by atoms with E-state index in [0.717, 1.165) is 25.8 Å². The predicted molar refractivity (Wildman–Crippen MR) is 56.2 cm³/mol. The van der Waals surface area contributed by atoms with Gasteiger partial charge in [0.15, 0.2) is 0 Å². The third kappa shape index (κ3) is 3.29. The van der Waals surface area contributed by atoms with Gasteiger partial charge in [-0.1, -0.05) is 20.8 Å². The van der Waals surface area contributed by atoms with Crippen molar-refractivity contribution in [1.82, 2.24) is 5.32 Å². The van der Waals surface area contributed by atoms with Gasteiger partial charge in [0.1, 0.15) is 0 Å². The van der Waals surface area contributed by atoms with E-state index in [1.54, 1.807) is 0 Å². The van der Waals surface area contributed by atoms with Crippen LogP contribution in [-0.2, 0) is 4.79 Å². The van der Waals surface area contributed by atoms with Gasteiger partial charge >= 0.3 is 5.97 Å². The predicted octanol–water partition coefficient (Wildman–Crippen LogP) is 1.88. The van der Waals surface area contributed by atoms with E-state index in [0.29, 0.717) is 5.41 Å². The van der Waals surface area contributed by atoms with Gasteiger partial charge < -0.3 is 10.4 Å². The second-order valence-electron chi connectivity index (χ2n) is 5.39. The maximum Gasteiger partial charge on any atom is 0.308 e. The Labute approximate surface area is 85.9 Å². The molecule has 2 atom stereocenters. The van der Waals surface area contributed by atoms with Gasteiger partial charge in [-0.25, -0.2) is 0 Å². The fraction of sp³-hybridized carbons (Fsp3) is 0.909. The van der Waals surface area contributed by atoms with Crippen molar-refractivity contribution in [3.63, 3.8) is 0 Å². The van der Waals surface area contributed by atoms with Crippen molar-refractivity contribution in [2.75, 3.05) is 6.54 Å². The largest absolute Gasteiger partial charge is 0.481 e. The Kier molecular flexibility index (Phi) is 3.53. The van der Waals surface area contributed by atoms with Gasteiger partial charge in [-0.05, 0) is 31.2 Å². The first-order chi connectivity index (χ1) is 6.40. The number of hydrogen-bond acceptors (Lipinski definition) is 2. The summed E-state index contributed by atoms with van der Waals surface area (Å²) in [4.78, 5) is 10.7. The van der Waals surface area contributed by atoms with Crippen molar-refractivity contribution in [2.24, 2.45) is 11.3 Å². The third-order valence-electron chi connectivity index (χ3n) is 2.87. The molecule has 1 aliphatic carbocycles. The minimum Gasteiger partial charge on any atom is -0.481 e. The quantitative estimate of drug-likeness (QED) is 0.726. The molecule has 1 fully saturated rings. The molecule has 1 aliphatic rings. The van der Waals surface area contributed by atoms with Crippen molar-refractivity contribution < 1.29 is 9.90 Å². The van der Waals surface area contributed by atoms with E-state index >= 15 is 0 Å². The zero-order valence-electron chi connectivity index (χ0n) is 9.34. The van der Waals surface area contributed by atoms with Gasteiger partial charge in [0.2, 0.25) is 0 Å². The molecule has 3 heteroatoms. The molecule has 0 aromatic heterocycles. The van der Waals surface area contributed by atoms with Crippen LogP contribution < -0.4 is 5.32 Å². The first kappa shape index (κ1) is 11.5. The average molecular weight is 199 g/mol. The monoisotopic (exact) mass is 199 g/mol. The van der Waals surface area contributed by atoms with Gasteiger partial charge in [-0.2, -0.15) is 0 Å². The molecule has 0 heterocycles. The first-order valence-corrected chi connectivity index (χ1v) is 5.36. The fourth-order valence-electron chi connectivity index (χ4n) is 1.67. The summed E-state index contributed by atoms with van der Waals surface area (Å²) in [6.45, 7) is 7.52. The summed E-state index contributed by atoms with van der Waals surface area (Å²) in [5.41, 5.74) is 0.329. The zero-order valence-corrected chi connectivity index (χ0v) is 9.34. The van der Waals surface area contributed by atoms with Crippen LogP contribution in [0.2, 0.25) is 0 Å². The lowest BCUT2D eigenvalue weighted by atomic mass is 9.79. The SMILES string of the molecule is CC(C)(C)CCNC1CCC1C(=O)O. The summed E-state index contributed by atoms with van der Waals surface area (Å²) in [5.74, 6) is -0.792. The van der Waals surface area contributed by atoms with E-state index in [4.69, 9.17) is 5.11 Å². The average Bonchev–Trinajstić information content (AvgIpc) is 1.92. The second kappa shape index (κ2) is 4.30. The highest BCUT2D eigenvalue weighted by molar-refractivity contribution is 5.72. The first-order valence-electron chi connectivity index (χ1n) is 5.36. The van der Waals surface area contributed by atoms with Crippen molar-refractivity contribution in [2.45, 2.75) is 46.1 Å². The molecule has 0 saturated heterocycles. The molecule has 82 valence electrons. The van der Waals surface area contributed by atoms with Crippen LogP contribution in [0.15, 0.2) is 0 Å². The number of aliphatic carboxylic acids is 1. The van der Waals surface area contributed by atoms with Crippen molar-refractivity contribution in [3.05, 3.63) is 0 Å². The molecule has 2 unspecified atom stereocenters. The van der Waals surface area contributed by atoms with E-state index in [-0.39, 0.29) is 12.0 Å². The molecule has 1 saturated carbocycles.